The number of nitrogens with zero attached hydrogens (tertiary/aromatic N) is 5. The molecule has 0 fully saturated rings. The van der Waals surface area contributed by atoms with Crippen molar-refractivity contribution in [2.24, 2.45) is 0 Å². The smallest absolute Gasteiger partial charge is 0.166 e. The van der Waals surface area contributed by atoms with Crippen LogP contribution in [0.3, 0.4) is 0 Å². The molecule has 6 heteroatoms. The zero-order chi connectivity index (χ0) is 37.5. The van der Waals surface area contributed by atoms with Crippen LogP contribution in [-0.4, -0.2) is 24.1 Å². The lowest BCUT2D eigenvalue weighted by Gasteiger charge is -2.14. The normalized spacial score (nSPS) is 11.9. The third-order valence-electron chi connectivity index (χ3n) is 11.2. The Morgan fingerprint density at radius 2 is 0.912 bits per heavy atom. The summed E-state index contributed by atoms with van der Waals surface area (Å²) in [7, 11) is 0. The Labute approximate surface area is 326 Å². The quantitative estimate of drug-likeness (QED) is 0.177. The van der Waals surface area contributed by atoms with Gasteiger partial charge in [-0.3, -0.25) is 0 Å². The summed E-state index contributed by atoms with van der Waals surface area (Å²) >= 11 is 0. The van der Waals surface area contributed by atoms with Gasteiger partial charge in [0.25, 0.3) is 0 Å². The van der Waals surface area contributed by atoms with E-state index in [1.54, 1.807) is 0 Å². The Hall–Kier alpha value is -7.83. The second-order valence-corrected chi connectivity index (χ2v) is 14.4. The van der Waals surface area contributed by atoms with Crippen molar-refractivity contribution in [1.29, 1.82) is 0 Å². The molecule has 0 atom stereocenters. The van der Waals surface area contributed by atoms with Gasteiger partial charge in [0.2, 0.25) is 0 Å². The predicted octanol–water partition coefficient (Wildman–Crippen LogP) is 13.0. The minimum atomic E-state index is 0.607. The fourth-order valence-corrected chi connectivity index (χ4v) is 8.71. The minimum Gasteiger partial charge on any atom is -0.454 e. The molecular weight excluding hydrogens is 699 g/mol. The molecule has 0 N–H and O–H groups in total. The van der Waals surface area contributed by atoms with E-state index in [0.29, 0.717) is 17.5 Å². The largest absolute Gasteiger partial charge is 0.454 e. The molecule has 6 nitrogen and oxygen atoms in total. The lowest BCUT2D eigenvalue weighted by molar-refractivity contribution is 0.666. The zero-order valence-corrected chi connectivity index (χ0v) is 30.5. The van der Waals surface area contributed by atoms with Gasteiger partial charge in [-0.05, 0) is 42.5 Å². The highest BCUT2D eigenvalue weighted by atomic mass is 16.3. The summed E-state index contributed by atoms with van der Waals surface area (Å²) in [6.45, 7) is 0. The SMILES string of the molecule is c1ccc(-c2nc(-c3ccccc3)nc(-c3ccccc3-n3c4ccccc4c4c3ccc3c5ccccc5n(-c5cccc6c5oc5ccccc56)c34)n2)cc1. The number of furan rings is 1. The number of fused-ring (bicyclic) bond motifs is 10. The lowest BCUT2D eigenvalue weighted by atomic mass is 10.1. The fraction of sp³-hybridized carbons (Fsp3) is 0. The van der Waals surface area contributed by atoms with Gasteiger partial charge in [-0.1, -0.05) is 146 Å². The van der Waals surface area contributed by atoms with Crippen molar-refractivity contribution in [1.82, 2.24) is 24.1 Å². The second kappa shape index (κ2) is 12.3. The molecule has 0 unspecified atom stereocenters. The van der Waals surface area contributed by atoms with Crippen LogP contribution >= 0.6 is 0 Å². The molecule has 0 saturated heterocycles. The van der Waals surface area contributed by atoms with Gasteiger partial charge < -0.3 is 13.6 Å². The number of benzene rings is 8. The Morgan fingerprint density at radius 1 is 0.351 bits per heavy atom. The molecule has 4 heterocycles. The fourth-order valence-electron chi connectivity index (χ4n) is 8.71. The van der Waals surface area contributed by atoms with Crippen molar-refractivity contribution in [2.45, 2.75) is 0 Å². The van der Waals surface area contributed by atoms with Gasteiger partial charge in [0.05, 0.1) is 33.4 Å². The maximum Gasteiger partial charge on any atom is 0.166 e. The number of hydrogen-bond donors (Lipinski definition) is 0. The van der Waals surface area contributed by atoms with Crippen LogP contribution in [0.15, 0.2) is 192 Å². The predicted molar refractivity (Wildman–Crippen MR) is 232 cm³/mol. The van der Waals surface area contributed by atoms with Crippen LogP contribution in [0.4, 0.5) is 0 Å². The van der Waals surface area contributed by atoms with Crippen LogP contribution in [0.2, 0.25) is 0 Å². The molecule has 0 bridgehead atoms. The topological polar surface area (TPSA) is 61.7 Å². The summed E-state index contributed by atoms with van der Waals surface area (Å²) in [4.78, 5) is 15.3. The molecule has 12 aromatic rings. The maximum absolute atomic E-state index is 6.68. The van der Waals surface area contributed by atoms with E-state index in [9.17, 15) is 0 Å². The van der Waals surface area contributed by atoms with Crippen LogP contribution in [-0.2, 0) is 0 Å². The molecule has 0 radical (unpaired) electrons. The van der Waals surface area contributed by atoms with E-state index in [-0.39, 0.29) is 0 Å². The Bertz CT molecular complexity index is 3470. The highest BCUT2D eigenvalue weighted by Gasteiger charge is 2.24. The first-order valence-corrected chi connectivity index (χ1v) is 19.1. The van der Waals surface area contributed by atoms with Gasteiger partial charge in [-0.15, -0.1) is 0 Å². The van der Waals surface area contributed by atoms with Gasteiger partial charge in [0, 0.05) is 49.0 Å². The van der Waals surface area contributed by atoms with Crippen LogP contribution in [0.25, 0.3) is 111 Å². The molecule has 266 valence electrons. The van der Waals surface area contributed by atoms with Gasteiger partial charge in [-0.25, -0.2) is 15.0 Å². The Kier molecular flexibility index (Phi) is 6.83. The average molecular weight is 730 g/mol. The summed E-state index contributed by atoms with van der Waals surface area (Å²) in [5.41, 5.74) is 10.9. The summed E-state index contributed by atoms with van der Waals surface area (Å²) in [5.74, 6) is 1.86. The van der Waals surface area contributed by atoms with E-state index >= 15 is 0 Å². The number of para-hydroxylation sites is 5. The summed E-state index contributed by atoms with van der Waals surface area (Å²) in [6, 6.07) is 65.4. The van der Waals surface area contributed by atoms with E-state index < -0.39 is 0 Å². The molecular formula is C51H31N5O. The first-order valence-electron chi connectivity index (χ1n) is 19.1. The van der Waals surface area contributed by atoms with Crippen LogP contribution in [0.1, 0.15) is 0 Å². The van der Waals surface area contributed by atoms with E-state index in [1.165, 1.54) is 10.8 Å². The van der Waals surface area contributed by atoms with Gasteiger partial charge in [0.1, 0.15) is 5.58 Å². The van der Waals surface area contributed by atoms with Crippen molar-refractivity contribution in [3.63, 3.8) is 0 Å². The molecule has 0 amide bonds. The van der Waals surface area contributed by atoms with Gasteiger partial charge in [-0.2, -0.15) is 0 Å². The molecule has 4 aromatic heterocycles. The Balaban J connectivity index is 1.17. The molecule has 8 aromatic carbocycles. The van der Waals surface area contributed by atoms with Crippen LogP contribution < -0.4 is 0 Å². The van der Waals surface area contributed by atoms with Crippen molar-refractivity contribution < 1.29 is 4.42 Å². The van der Waals surface area contributed by atoms with Crippen molar-refractivity contribution in [3.05, 3.63) is 188 Å². The lowest BCUT2D eigenvalue weighted by Crippen LogP contribution is -2.03. The number of hydrogen-bond acceptors (Lipinski definition) is 4. The van der Waals surface area contributed by atoms with E-state index in [4.69, 9.17) is 19.4 Å². The summed E-state index contributed by atoms with van der Waals surface area (Å²) < 4.78 is 11.5. The molecule has 0 aliphatic heterocycles. The van der Waals surface area contributed by atoms with Crippen molar-refractivity contribution in [2.75, 3.05) is 0 Å². The minimum absolute atomic E-state index is 0.607. The maximum atomic E-state index is 6.68. The molecule has 0 spiro atoms. The summed E-state index contributed by atoms with van der Waals surface area (Å²) in [6.07, 6.45) is 0. The second-order valence-electron chi connectivity index (χ2n) is 14.4. The Morgan fingerprint density at radius 3 is 1.67 bits per heavy atom. The van der Waals surface area contributed by atoms with E-state index in [2.05, 4.69) is 124 Å². The standard InChI is InChI=1S/C51H31N5O/c1-3-16-32(17-4-1)49-52-50(33-18-5-2-6-19-33)54-51(53-49)39-23-9-13-27-42(39)55-41-26-12-8-22-38(41)46-43(55)31-30-36-34-20-7-11-25-40(34)56(47(36)46)44-28-15-24-37-35-21-10-14-29-45(35)57-48(37)44/h1-31H. The van der Waals surface area contributed by atoms with Crippen LogP contribution in [0, 0.1) is 0 Å². The average Bonchev–Trinajstić information content (AvgIpc) is 3.95. The first-order chi connectivity index (χ1) is 28.3. The molecule has 0 aliphatic rings. The highest BCUT2D eigenvalue weighted by molar-refractivity contribution is 6.26. The first kappa shape index (κ1) is 31.5. The molecule has 57 heavy (non-hydrogen) atoms. The number of aromatic nitrogens is 5. The van der Waals surface area contributed by atoms with Crippen molar-refractivity contribution in [3.8, 4) is 45.5 Å². The van der Waals surface area contributed by atoms with E-state index in [0.717, 1.165) is 82.8 Å². The van der Waals surface area contributed by atoms with Crippen molar-refractivity contribution >= 4 is 65.6 Å². The third-order valence-corrected chi connectivity index (χ3v) is 11.2. The highest BCUT2D eigenvalue weighted by Crippen LogP contribution is 2.44. The summed E-state index contributed by atoms with van der Waals surface area (Å²) in [5, 5.41) is 6.89. The van der Waals surface area contributed by atoms with Gasteiger partial charge >= 0.3 is 0 Å². The van der Waals surface area contributed by atoms with Crippen LogP contribution in [0.5, 0.6) is 0 Å². The number of rotatable bonds is 5. The van der Waals surface area contributed by atoms with E-state index in [1.807, 2.05) is 72.8 Å². The molecule has 0 saturated carbocycles. The third kappa shape index (κ3) is 4.74. The monoisotopic (exact) mass is 729 g/mol. The molecule has 0 aliphatic carbocycles. The zero-order valence-electron chi connectivity index (χ0n) is 30.5. The molecule has 12 rings (SSSR count). The van der Waals surface area contributed by atoms with Gasteiger partial charge in [0.15, 0.2) is 23.1 Å².